The lowest BCUT2D eigenvalue weighted by molar-refractivity contribution is -0.141. The van der Waals surface area contributed by atoms with E-state index in [1.807, 2.05) is 9.80 Å². The van der Waals surface area contributed by atoms with E-state index in [0.29, 0.717) is 37.3 Å². The summed E-state index contributed by atoms with van der Waals surface area (Å²) in [6.45, 7) is 2.39. The van der Waals surface area contributed by atoms with Crippen molar-refractivity contribution in [3.05, 3.63) is 46.3 Å². The smallest absolute Gasteiger partial charge is 0.290 e. The summed E-state index contributed by atoms with van der Waals surface area (Å²) in [4.78, 5) is 42.3. The van der Waals surface area contributed by atoms with Crippen LogP contribution in [0.3, 0.4) is 0 Å². The van der Waals surface area contributed by atoms with Crippen LogP contribution in [0.25, 0.3) is 11.0 Å². The Bertz CT molecular complexity index is 996. The highest BCUT2D eigenvalue weighted by molar-refractivity contribution is 5.94. The summed E-state index contributed by atoms with van der Waals surface area (Å²) in [5.41, 5.74) is 0.208. The lowest BCUT2D eigenvalue weighted by Gasteiger charge is -2.42. The van der Waals surface area contributed by atoms with Crippen molar-refractivity contribution >= 4 is 22.8 Å². The van der Waals surface area contributed by atoms with Gasteiger partial charge >= 0.3 is 0 Å². The minimum absolute atomic E-state index is 0.0261. The van der Waals surface area contributed by atoms with Crippen molar-refractivity contribution in [1.82, 2.24) is 9.80 Å². The van der Waals surface area contributed by atoms with E-state index in [4.69, 9.17) is 9.15 Å². The highest BCUT2D eigenvalue weighted by Gasteiger charge is 2.45. The molecule has 7 nitrogen and oxygen atoms in total. The first-order valence-electron chi connectivity index (χ1n) is 10.3. The van der Waals surface area contributed by atoms with Crippen LogP contribution in [-0.2, 0) is 9.53 Å². The quantitative estimate of drug-likeness (QED) is 0.776. The fourth-order valence-corrected chi connectivity index (χ4v) is 4.95. The number of piperazine rings is 1. The second-order valence-corrected chi connectivity index (χ2v) is 8.20. The maximum Gasteiger partial charge on any atom is 0.290 e. The first-order chi connectivity index (χ1) is 14.1. The van der Waals surface area contributed by atoms with Crippen molar-refractivity contribution in [2.45, 2.75) is 37.8 Å². The van der Waals surface area contributed by atoms with E-state index >= 15 is 0 Å². The number of hydrogen-bond acceptors (Lipinski definition) is 5. The Morgan fingerprint density at radius 1 is 0.966 bits per heavy atom. The maximum atomic E-state index is 13.2. The summed E-state index contributed by atoms with van der Waals surface area (Å²) in [5.74, 6) is 0.0479. The highest BCUT2D eigenvalue weighted by atomic mass is 16.5. The molecule has 1 aromatic carbocycles. The van der Waals surface area contributed by atoms with Gasteiger partial charge in [-0.15, -0.1) is 0 Å². The third-order valence-corrected chi connectivity index (χ3v) is 6.44. The number of rotatable bonds is 2. The number of carbonyl (C=O) groups is 2. The summed E-state index contributed by atoms with van der Waals surface area (Å²) in [7, 11) is 0. The minimum atomic E-state index is -0.251. The molecule has 5 rings (SSSR count). The van der Waals surface area contributed by atoms with Crippen LogP contribution < -0.4 is 5.43 Å². The van der Waals surface area contributed by atoms with E-state index < -0.39 is 0 Å². The Morgan fingerprint density at radius 2 is 1.66 bits per heavy atom. The molecule has 4 heterocycles. The van der Waals surface area contributed by atoms with Gasteiger partial charge < -0.3 is 19.0 Å². The molecule has 29 heavy (non-hydrogen) atoms. The molecule has 0 radical (unpaired) electrons. The number of hydrogen-bond donors (Lipinski definition) is 0. The zero-order valence-electron chi connectivity index (χ0n) is 16.2. The molecule has 2 bridgehead atoms. The molecule has 0 aliphatic carbocycles. The third kappa shape index (κ3) is 3.23. The van der Waals surface area contributed by atoms with Gasteiger partial charge in [-0.3, -0.25) is 14.4 Å². The molecule has 0 N–H and O–H groups in total. The van der Waals surface area contributed by atoms with Crippen molar-refractivity contribution in [2.75, 3.05) is 26.3 Å². The van der Waals surface area contributed by atoms with Crippen molar-refractivity contribution in [2.24, 2.45) is 5.92 Å². The van der Waals surface area contributed by atoms with Gasteiger partial charge in [0, 0.05) is 38.3 Å². The van der Waals surface area contributed by atoms with Gasteiger partial charge in [0.25, 0.3) is 5.91 Å². The molecular weight excluding hydrogens is 372 g/mol. The predicted octanol–water partition coefficient (Wildman–Crippen LogP) is 2.03. The van der Waals surface area contributed by atoms with Gasteiger partial charge in [-0.25, -0.2) is 0 Å². The number of ether oxygens (including phenoxy) is 1. The number of carbonyl (C=O) groups excluding carboxylic acids is 2. The van der Waals surface area contributed by atoms with Crippen molar-refractivity contribution < 1.29 is 18.7 Å². The van der Waals surface area contributed by atoms with Gasteiger partial charge in [-0.2, -0.15) is 0 Å². The van der Waals surface area contributed by atoms with Crippen LogP contribution >= 0.6 is 0 Å². The van der Waals surface area contributed by atoms with Crippen LogP contribution in [0.4, 0.5) is 0 Å². The Kier molecular flexibility index (Phi) is 4.62. The van der Waals surface area contributed by atoms with Crippen LogP contribution in [0.5, 0.6) is 0 Å². The highest BCUT2D eigenvalue weighted by Crippen LogP contribution is 2.33. The van der Waals surface area contributed by atoms with Crippen LogP contribution in [0.15, 0.2) is 39.5 Å². The lowest BCUT2D eigenvalue weighted by Crippen LogP contribution is -2.58. The number of amides is 2. The molecule has 152 valence electrons. The number of nitrogens with zero attached hydrogens (tertiary/aromatic N) is 2. The topological polar surface area (TPSA) is 80.1 Å². The summed E-state index contributed by atoms with van der Waals surface area (Å²) >= 11 is 0. The third-order valence-electron chi connectivity index (χ3n) is 6.44. The zero-order chi connectivity index (χ0) is 20.0. The number of fused-ring (bicyclic) bond motifs is 3. The number of benzene rings is 1. The van der Waals surface area contributed by atoms with Crippen LogP contribution in [0, 0.1) is 5.92 Å². The van der Waals surface area contributed by atoms with E-state index in [-0.39, 0.29) is 41.0 Å². The van der Waals surface area contributed by atoms with E-state index in [0.717, 1.165) is 25.7 Å². The molecular formula is C22H24N2O5. The van der Waals surface area contributed by atoms with Gasteiger partial charge in [-0.1, -0.05) is 12.1 Å². The normalized spacial score (nSPS) is 24.8. The second-order valence-electron chi connectivity index (χ2n) is 8.20. The average Bonchev–Trinajstić information content (AvgIpc) is 3.02. The molecule has 3 fully saturated rings. The van der Waals surface area contributed by atoms with Gasteiger partial charge in [-0.05, 0) is 37.8 Å². The SMILES string of the molecule is O=C(C1CCOCC1)N1CC2CCC(C1)N2C(=O)c1cc(=O)c2ccccc2o1. The molecule has 2 amide bonds. The largest absolute Gasteiger partial charge is 0.451 e. The van der Waals surface area contributed by atoms with E-state index in [9.17, 15) is 14.4 Å². The van der Waals surface area contributed by atoms with E-state index in [1.54, 1.807) is 24.3 Å². The number of likely N-dealkylation sites (tertiary alicyclic amines) is 1. The van der Waals surface area contributed by atoms with Gasteiger partial charge in [0.2, 0.25) is 5.91 Å². The van der Waals surface area contributed by atoms with E-state index in [2.05, 4.69) is 0 Å². The first-order valence-corrected chi connectivity index (χ1v) is 10.3. The van der Waals surface area contributed by atoms with Crippen LogP contribution in [0.1, 0.15) is 36.2 Å². The van der Waals surface area contributed by atoms with Crippen molar-refractivity contribution in [3.63, 3.8) is 0 Å². The molecule has 2 aromatic rings. The van der Waals surface area contributed by atoms with Gasteiger partial charge in [0.15, 0.2) is 11.2 Å². The predicted molar refractivity (Wildman–Crippen MR) is 106 cm³/mol. The molecule has 3 saturated heterocycles. The summed E-state index contributed by atoms with van der Waals surface area (Å²) < 4.78 is 11.1. The molecule has 7 heteroatoms. The Morgan fingerprint density at radius 3 is 2.38 bits per heavy atom. The Balaban J connectivity index is 1.36. The van der Waals surface area contributed by atoms with Gasteiger partial charge in [0.05, 0.1) is 17.5 Å². The van der Waals surface area contributed by atoms with Crippen LogP contribution in [0.2, 0.25) is 0 Å². The second kappa shape index (κ2) is 7.30. The molecule has 0 spiro atoms. The van der Waals surface area contributed by atoms with Crippen molar-refractivity contribution in [3.8, 4) is 0 Å². The summed E-state index contributed by atoms with van der Waals surface area (Å²) in [6, 6.07) is 8.19. The zero-order valence-corrected chi connectivity index (χ0v) is 16.2. The van der Waals surface area contributed by atoms with Crippen LogP contribution in [-0.4, -0.2) is 60.0 Å². The molecule has 2 unspecified atom stereocenters. The Labute approximate surface area is 168 Å². The molecule has 3 aliphatic rings. The monoisotopic (exact) mass is 396 g/mol. The minimum Gasteiger partial charge on any atom is -0.451 e. The molecule has 2 atom stereocenters. The lowest BCUT2D eigenvalue weighted by atomic mass is 9.97. The van der Waals surface area contributed by atoms with Gasteiger partial charge in [0.1, 0.15) is 5.58 Å². The maximum absolute atomic E-state index is 13.2. The average molecular weight is 396 g/mol. The fourth-order valence-electron chi connectivity index (χ4n) is 4.95. The van der Waals surface area contributed by atoms with E-state index in [1.165, 1.54) is 6.07 Å². The summed E-state index contributed by atoms with van der Waals surface area (Å²) in [6.07, 6.45) is 3.28. The standard InChI is InChI=1S/C22H24N2O5/c25-18-11-20(29-19-4-2-1-3-17(18)19)22(27)24-15-5-6-16(24)13-23(12-15)21(26)14-7-9-28-10-8-14/h1-4,11,14-16H,5-10,12-13H2. The fraction of sp³-hybridized carbons (Fsp3) is 0.500. The first kappa shape index (κ1) is 18.4. The molecule has 3 aliphatic heterocycles. The molecule has 0 saturated carbocycles. The number of para-hydroxylation sites is 1. The van der Waals surface area contributed by atoms with Crippen molar-refractivity contribution in [1.29, 1.82) is 0 Å². The molecule has 1 aromatic heterocycles. The Hall–Kier alpha value is -2.67. The summed E-state index contributed by atoms with van der Waals surface area (Å²) in [5, 5.41) is 0.471.